The second-order valence-electron chi connectivity index (χ2n) is 5.74. The van der Waals surface area contributed by atoms with Gasteiger partial charge in [-0.25, -0.2) is 0 Å². The number of rotatable bonds is 5. The molecular weight excluding hydrogens is 246 g/mol. The first-order valence-electron chi connectivity index (χ1n) is 7.08. The Morgan fingerprint density at radius 2 is 1.60 bits per heavy atom. The maximum Gasteiger partial charge on any atom is 0.120 e. The predicted octanol–water partition coefficient (Wildman–Crippen LogP) is 3.06. The lowest BCUT2D eigenvalue weighted by atomic mass is 9.87. The van der Waals surface area contributed by atoms with Crippen LogP contribution < -0.4 is 5.73 Å². The van der Waals surface area contributed by atoms with Gasteiger partial charge in [0.05, 0.1) is 0 Å². The van der Waals surface area contributed by atoms with Crippen LogP contribution in [0.3, 0.4) is 0 Å². The van der Waals surface area contributed by atoms with Crippen LogP contribution in [0.5, 0.6) is 0 Å². The molecule has 2 heteroatoms. The number of hydrogen-bond acceptors (Lipinski definition) is 2. The number of benzene rings is 2. The smallest absolute Gasteiger partial charge is 0.120 e. The quantitative estimate of drug-likeness (QED) is 0.819. The van der Waals surface area contributed by atoms with Gasteiger partial charge in [0.2, 0.25) is 0 Å². The maximum absolute atomic E-state index is 10.5. The minimum Gasteiger partial charge on any atom is -0.375 e. The van der Waals surface area contributed by atoms with Crippen LogP contribution in [0.1, 0.15) is 23.6 Å². The van der Waals surface area contributed by atoms with Crippen molar-refractivity contribution in [3.63, 3.8) is 0 Å². The highest BCUT2D eigenvalue weighted by atomic mass is 16.3. The molecule has 0 aliphatic heterocycles. The molecule has 2 aromatic rings. The van der Waals surface area contributed by atoms with Gasteiger partial charge in [-0.15, -0.1) is 0 Å². The fourth-order valence-corrected chi connectivity index (χ4v) is 2.35. The van der Waals surface area contributed by atoms with Gasteiger partial charge < -0.3 is 10.8 Å². The molecule has 2 atom stereocenters. The first kappa shape index (κ1) is 14.8. The summed E-state index contributed by atoms with van der Waals surface area (Å²) in [5.74, 6) is -0.00815. The highest BCUT2D eigenvalue weighted by molar-refractivity contribution is 5.23. The maximum atomic E-state index is 10.5. The normalized spacial score (nSPS) is 15.6. The van der Waals surface area contributed by atoms with E-state index in [0.29, 0.717) is 6.42 Å². The summed E-state index contributed by atoms with van der Waals surface area (Å²) in [7, 11) is 0. The second kappa shape index (κ2) is 6.21. The Bertz CT molecular complexity index is 531. The molecule has 0 aliphatic rings. The first-order valence-corrected chi connectivity index (χ1v) is 7.08. The van der Waals surface area contributed by atoms with Gasteiger partial charge in [-0.05, 0) is 24.5 Å². The largest absolute Gasteiger partial charge is 0.375 e. The summed E-state index contributed by atoms with van der Waals surface area (Å²) < 4.78 is 0. The van der Waals surface area contributed by atoms with Crippen molar-refractivity contribution in [3.8, 4) is 0 Å². The zero-order valence-electron chi connectivity index (χ0n) is 12.2. The summed E-state index contributed by atoms with van der Waals surface area (Å²) in [5, 5.41) is 10.5. The van der Waals surface area contributed by atoms with Gasteiger partial charge in [-0.3, -0.25) is 0 Å². The van der Waals surface area contributed by atoms with E-state index in [4.69, 9.17) is 5.73 Å². The summed E-state index contributed by atoms with van der Waals surface area (Å²) in [4.78, 5) is 0. The van der Waals surface area contributed by atoms with Crippen molar-refractivity contribution in [1.29, 1.82) is 0 Å². The summed E-state index contributed by atoms with van der Waals surface area (Å²) in [5.41, 5.74) is 8.43. The molecule has 0 saturated carbocycles. The van der Waals surface area contributed by atoms with Crippen molar-refractivity contribution < 1.29 is 5.11 Å². The first-order chi connectivity index (χ1) is 9.47. The van der Waals surface area contributed by atoms with Crippen LogP contribution in [0, 0.1) is 12.8 Å². The molecule has 3 N–H and O–H groups in total. The predicted molar refractivity (Wildman–Crippen MR) is 83.3 cm³/mol. The molecule has 2 rings (SSSR count). The minimum absolute atomic E-state index is 0.00815. The van der Waals surface area contributed by atoms with Crippen LogP contribution in [0.4, 0.5) is 0 Å². The lowest BCUT2D eigenvalue weighted by Crippen LogP contribution is -2.48. The fourth-order valence-electron chi connectivity index (χ4n) is 2.35. The van der Waals surface area contributed by atoms with Crippen LogP contribution in [0.2, 0.25) is 0 Å². The number of aryl methyl sites for hydroxylation is 1. The molecule has 2 nitrogen and oxygen atoms in total. The summed E-state index contributed by atoms with van der Waals surface area (Å²) >= 11 is 0. The zero-order chi connectivity index (χ0) is 14.6. The number of nitrogens with two attached hydrogens (primary N) is 1. The van der Waals surface area contributed by atoms with Crippen molar-refractivity contribution >= 4 is 0 Å². The SMILES string of the molecule is Cc1ccc(C[C@@](N)(O)C(C)Cc2ccccc2)cc1. The second-order valence-corrected chi connectivity index (χ2v) is 5.74. The van der Waals surface area contributed by atoms with Crippen LogP contribution in [-0.2, 0) is 12.8 Å². The molecule has 0 aliphatic carbocycles. The Balaban J connectivity index is 2.03. The third-order valence-corrected chi connectivity index (χ3v) is 3.85. The molecule has 0 amide bonds. The molecule has 0 saturated heterocycles. The molecule has 20 heavy (non-hydrogen) atoms. The average Bonchev–Trinajstić information content (AvgIpc) is 2.42. The molecule has 0 fully saturated rings. The summed E-state index contributed by atoms with van der Waals surface area (Å²) in [6, 6.07) is 18.3. The number of hydrogen-bond donors (Lipinski definition) is 2. The topological polar surface area (TPSA) is 46.2 Å². The molecule has 1 unspecified atom stereocenters. The van der Waals surface area contributed by atoms with E-state index in [1.54, 1.807) is 0 Å². The van der Waals surface area contributed by atoms with Crippen molar-refractivity contribution in [1.82, 2.24) is 0 Å². The van der Waals surface area contributed by atoms with Gasteiger partial charge in [-0.1, -0.05) is 67.1 Å². The van der Waals surface area contributed by atoms with Gasteiger partial charge in [-0.2, -0.15) is 0 Å². The molecule has 2 aromatic carbocycles. The Labute approximate surface area is 121 Å². The molecular formula is C18H23NO. The molecule has 0 aromatic heterocycles. The van der Waals surface area contributed by atoms with Crippen LogP contribution in [-0.4, -0.2) is 10.8 Å². The lowest BCUT2D eigenvalue weighted by Gasteiger charge is -2.30. The van der Waals surface area contributed by atoms with Gasteiger partial charge in [0.25, 0.3) is 0 Å². The van der Waals surface area contributed by atoms with Crippen LogP contribution >= 0.6 is 0 Å². The third kappa shape index (κ3) is 3.92. The molecule has 0 radical (unpaired) electrons. The van der Waals surface area contributed by atoms with E-state index in [9.17, 15) is 5.11 Å². The Hall–Kier alpha value is -1.64. The van der Waals surface area contributed by atoms with Crippen molar-refractivity contribution in [2.75, 3.05) is 0 Å². The third-order valence-electron chi connectivity index (χ3n) is 3.85. The Morgan fingerprint density at radius 1 is 1.00 bits per heavy atom. The minimum atomic E-state index is -1.19. The van der Waals surface area contributed by atoms with E-state index >= 15 is 0 Å². The average molecular weight is 269 g/mol. The van der Waals surface area contributed by atoms with Crippen molar-refractivity contribution in [2.45, 2.75) is 32.4 Å². The van der Waals surface area contributed by atoms with E-state index in [0.717, 1.165) is 12.0 Å². The van der Waals surface area contributed by atoms with E-state index in [1.807, 2.05) is 49.4 Å². The Kier molecular flexibility index (Phi) is 4.58. The van der Waals surface area contributed by atoms with Crippen LogP contribution in [0.15, 0.2) is 54.6 Å². The zero-order valence-corrected chi connectivity index (χ0v) is 12.2. The van der Waals surface area contributed by atoms with Crippen molar-refractivity contribution in [2.24, 2.45) is 11.7 Å². The van der Waals surface area contributed by atoms with Gasteiger partial charge in [0.15, 0.2) is 0 Å². The fraction of sp³-hybridized carbons (Fsp3) is 0.333. The van der Waals surface area contributed by atoms with E-state index < -0.39 is 5.72 Å². The monoisotopic (exact) mass is 269 g/mol. The Morgan fingerprint density at radius 3 is 2.20 bits per heavy atom. The van der Waals surface area contributed by atoms with Crippen molar-refractivity contribution in [3.05, 3.63) is 71.3 Å². The highest BCUT2D eigenvalue weighted by Gasteiger charge is 2.29. The molecule has 106 valence electrons. The van der Waals surface area contributed by atoms with Gasteiger partial charge in [0.1, 0.15) is 5.72 Å². The van der Waals surface area contributed by atoms with Crippen LogP contribution in [0.25, 0.3) is 0 Å². The van der Waals surface area contributed by atoms with Gasteiger partial charge in [0, 0.05) is 12.3 Å². The standard InChI is InChI=1S/C18H23NO/c1-14-8-10-17(11-9-14)13-18(19,20)15(2)12-16-6-4-3-5-7-16/h3-11,15,20H,12-13,19H2,1-2H3/t15?,18-/m1/s1. The molecule has 0 heterocycles. The summed E-state index contributed by atoms with van der Waals surface area (Å²) in [6.07, 6.45) is 1.25. The van der Waals surface area contributed by atoms with E-state index in [2.05, 4.69) is 19.1 Å². The highest BCUT2D eigenvalue weighted by Crippen LogP contribution is 2.21. The lowest BCUT2D eigenvalue weighted by molar-refractivity contribution is -0.00558. The number of aliphatic hydroxyl groups is 1. The van der Waals surface area contributed by atoms with E-state index in [-0.39, 0.29) is 5.92 Å². The summed E-state index contributed by atoms with van der Waals surface area (Å²) in [6.45, 7) is 4.05. The van der Waals surface area contributed by atoms with E-state index in [1.165, 1.54) is 11.1 Å². The van der Waals surface area contributed by atoms with Gasteiger partial charge >= 0.3 is 0 Å². The molecule has 0 spiro atoms. The molecule has 0 bridgehead atoms.